The summed E-state index contributed by atoms with van der Waals surface area (Å²) in [4.78, 5) is 51.4. The Bertz CT molecular complexity index is 1410. The summed E-state index contributed by atoms with van der Waals surface area (Å²) < 4.78 is 10.7. The maximum absolute atomic E-state index is 13.1. The Balaban J connectivity index is 1.40. The van der Waals surface area contributed by atoms with Crippen LogP contribution in [0.5, 0.6) is 0 Å². The number of benzene rings is 3. The Hall–Kier alpha value is -5.06. The average molecular weight is 589 g/mol. The Morgan fingerprint density at radius 1 is 0.860 bits per heavy atom. The largest absolute Gasteiger partial charge is 0.480 e. The maximum atomic E-state index is 13.1. The topological polar surface area (TPSA) is 146 Å². The van der Waals surface area contributed by atoms with Gasteiger partial charge in [0.15, 0.2) is 0 Å². The third-order valence-corrected chi connectivity index (χ3v) is 6.70. The summed E-state index contributed by atoms with van der Waals surface area (Å²) in [5.74, 6) is -1.56. The molecular weight excluding hydrogens is 552 g/mol. The summed E-state index contributed by atoms with van der Waals surface area (Å²) in [5, 5.41) is 17.5. The van der Waals surface area contributed by atoms with Crippen LogP contribution < -0.4 is 16.0 Å². The number of anilines is 1. The maximum Gasteiger partial charge on any atom is 0.407 e. The number of carboxylic acid groups (broad SMARTS) is 1. The van der Waals surface area contributed by atoms with E-state index >= 15 is 0 Å². The van der Waals surface area contributed by atoms with Gasteiger partial charge in [0.25, 0.3) is 0 Å². The standard InChI is InChI=1S/C32H36N4O7/c1-32(2,3)43-30(40)33-17-18-36(29(39)34-21-11-5-4-6-12-21)19-27(28(37)38)35-31(41)42-20-26-24-15-9-7-13-22(24)23-14-8-10-16-25(23)26/h4-16,26-27H,17-20H2,1-3H3,(H,33,40)(H,34,39)(H,35,41)(H,37,38)/t27-/m0/s1. The molecule has 226 valence electrons. The minimum atomic E-state index is -1.49. The lowest BCUT2D eigenvalue weighted by Crippen LogP contribution is -2.52. The molecule has 0 spiro atoms. The number of hydrogen-bond acceptors (Lipinski definition) is 6. The Labute approximate surface area is 250 Å². The third-order valence-electron chi connectivity index (χ3n) is 6.70. The molecule has 0 bridgehead atoms. The number of alkyl carbamates (subject to hydrolysis) is 2. The number of aliphatic carboxylic acids is 1. The van der Waals surface area contributed by atoms with Crippen molar-refractivity contribution in [2.75, 3.05) is 31.6 Å². The molecule has 4 rings (SSSR count). The van der Waals surface area contributed by atoms with Crippen LogP contribution in [0.4, 0.5) is 20.1 Å². The molecule has 0 unspecified atom stereocenters. The molecule has 1 aliphatic carbocycles. The summed E-state index contributed by atoms with van der Waals surface area (Å²) in [6.45, 7) is 4.69. The number of rotatable bonds is 10. The smallest absolute Gasteiger partial charge is 0.407 e. The van der Waals surface area contributed by atoms with Crippen molar-refractivity contribution in [3.63, 3.8) is 0 Å². The van der Waals surface area contributed by atoms with Gasteiger partial charge in [0.2, 0.25) is 0 Å². The number of para-hydroxylation sites is 1. The van der Waals surface area contributed by atoms with Crippen LogP contribution in [-0.4, -0.2) is 72.1 Å². The van der Waals surface area contributed by atoms with Crippen LogP contribution in [-0.2, 0) is 14.3 Å². The number of urea groups is 1. The van der Waals surface area contributed by atoms with Gasteiger partial charge in [-0.1, -0.05) is 66.7 Å². The molecule has 0 fully saturated rings. The van der Waals surface area contributed by atoms with E-state index in [1.54, 1.807) is 51.1 Å². The van der Waals surface area contributed by atoms with Gasteiger partial charge in [0.1, 0.15) is 18.2 Å². The van der Waals surface area contributed by atoms with Crippen molar-refractivity contribution in [3.8, 4) is 11.1 Å². The highest BCUT2D eigenvalue weighted by Gasteiger charge is 2.31. The van der Waals surface area contributed by atoms with Gasteiger partial charge < -0.3 is 35.4 Å². The van der Waals surface area contributed by atoms with E-state index in [0.717, 1.165) is 22.3 Å². The first kappa shape index (κ1) is 30.9. The second-order valence-corrected chi connectivity index (χ2v) is 11.0. The van der Waals surface area contributed by atoms with E-state index < -0.39 is 42.4 Å². The van der Waals surface area contributed by atoms with Crippen molar-refractivity contribution in [1.29, 1.82) is 0 Å². The van der Waals surface area contributed by atoms with Crippen LogP contribution >= 0.6 is 0 Å². The summed E-state index contributed by atoms with van der Waals surface area (Å²) >= 11 is 0. The molecule has 3 aromatic rings. The number of nitrogens with zero attached hydrogens (tertiary/aromatic N) is 1. The van der Waals surface area contributed by atoms with Crippen LogP contribution in [0, 0.1) is 0 Å². The van der Waals surface area contributed by atoms with E-state index in [9.17, 15) is 24.3 Å². The quantitative estimate of drug-likeness (QED) is 0.260. The van der Waals surface area contributed by atoms with Gasteiger partial charge in [-0.3, -0.25) is 0 Å². The lowest BCUT2D eigenvalue weighted by molar-refractivity contribution is -0.139. The van der Waals surface area contributed by atoms with Crippen molar-refractivity contribution in [2.45, 2.75) is 38.3 Å². The van der Waals surface area contributed by atoms with Gasteiger partial charge in [-0.25, -0.2) is 19.2 Å². The first-order chi connectivity index (χ1) is 20.5. The highest BCUT2D eigenvalue weighted by molar-refractivity contribution is 5.90. The van der Waals surface area contributed by atoms with E-state index in [1.165, 1.54) is 4.90 Å². The van der Waals surface area contributed by atoms with E-state index in [4.69, 9.17) is 9.47 Å². The molecular formula is C32H36N4O7. The van der Waals surface area contributed by atoms with Crippen molar-refractivity contribution in [3.05, 3.63) is 90.0 Å². The minimum Gasteiger partial charge on any atom is -0.480 e. The molecule has 0 heterocycles. The Kier molecular flexibility index (Phi) is 9.87. The number of fused-ring (bicyclic) bond motifs is 3. The van der Waals surface area contributed by atoms with E-state index in [2.05, 4.69) is 16.0 Å². The predicted molar refractivity (Wildman–Crippen MR) is 161 cm³/mol. The summed E-state index contributed by atoms with van der Waals surface area (Å²) in [5.41, 5.74) is 3.95. The number of nitrogens with one attached hydrogen (secondary N) is 3. The molecule has 4 N–H and O–H groups in total. The molecule has 11 heteroatoms. The second-order valence-electron chi connectivity index (χ2n) is 11.0. The Morgan fingerprint density at radius 2 is 1.44 bits per heavy atom. The SMILES string of the molecule is CC(C)(C)OC(=O)NCCN(C[C@H](NC(=O)OCC1c2ccccc2-c2ccccc21)C(=O)O)C(=O)Nc1ccccc1. The normalized spacial score (nSPS) is 12.7. The van der Waals surface area contributed by atoms with E-state index in [1.807, 2.05) is 48.5 Å². The van der Waals surface area contributed by atoms with Crippen molar-refractivity contribution in [1.82, 2.24) is 15.5 Å². The van der Waals surface area contributed by atoms with Crippen LogP contribution in [0.15, 0.2) is 78.9 Å². The van der Waals surface area contributed by atoms with E-state index in [-0.39, 0.29) is 25.6 Å². The first-order valence-electron chi connectivity index (χ1n) is 13.9. The van der Waals surface area contributed by atoms with Gasteiger partial charge >= 0.3 is 24.2 Å². The van der Waals surface area contributed by atoms with Crippen LogP contribution in [0.2, 0.25) is 0 Å². The molecule has 0 saturated carbocycles. The second kappa shape index (κ2) is 13.7. The molecule has 0 aliphatic heterocycles. The fraction of sp³-hybridized carbons (Fsp3) is 0.312. The molecule has 0 aromatic heterocycles. The van der Waals surface area contributed by atoms with Gasteiger partial charge in [-0.15, -0.1) is 0 Å². The fourth-order valence-electron chi connectivity index (χ4n) is 4.80. The van der Waals surface area contributed by atoms with Crippen molar-refractivity contribution in [2.24, 2.45) is 0 Å². The summed E-state index contributed by atoms with van der Waals surface area (Å²) in [6.07, 6.45) is -1.60. The molecule has 0 radical (unpaired) electrons. The average Bonchev–Trinajstić information content (AvgIpc) is 3.28. The van der Waals surface area contributed by atoms with Crippen molar-refractivity contribution < 1.29 is 33.8 Å². The number of carbonyl (C=O) groups excluding carboxylic acids is 3. The molecule has 43 heavy (non-hydrogen) atoms. The predicted octanol–water partition coefficient (Wildman–Crippen LogP) is 5.04. The van der Waals surface area contributed by atoms with Crippen LogP contribution in [0.25, 0.3) is 11.1 Å². The zero-order valence-electron chi connectivity index (χ0n) is 24.3. The highest BCUT2D eigenvalue weighted by atomic mass is 16.6. The first-order valence-corrected chi connectivity index (χ1v) is 13.9. The third kappa shape index (κ3) is 8.48. The molecule has 1 aliphatic rings. The monoisotopic (exact) mass is 588 g/mol. The van der Waals surface area contributed by atoms with Gasteiger partial charge in [0.05, 0.1) is 6.54 Å². The lowest BCUT2D eigenvalue weighted by Gasteiger charge is -2.27. The number of hydrogen-bond donors (Lipinski definition) is 4. The number of ether oxygens (including phenoxy) is 2. The van der Waals surface area contributed by atoms with Gasteiger partial charge in [-0.05, 0) is 55.2 Å². The number of carbonyl (C=O) groups is 4. The summed E-state index contributed by atoms with van der Waals surface area (Å²) in [6, 6.07) is 22.3. The van der Waals surface area contributed by atoms with Gasteiger partial charge in [-0.2, -0.15) is 0 Å². The minimum absolute atomic E-state index is 0.00418. The van der Waals surface area contributed by atoms with E-state index in [0.29, 0.717) is 5.69 Å². The van der Waals surface area contributed by atoms with Crippen LogP contribution in [0.1, 0.15) is 37.8 Å². The molecule has 11 nitrogen and oxygen atoms in total. The molecule has 0 saturated heterocycles. The van der Waals surface area contributed by atoms with Gasteiger partial charge in [0, 0.05) is 24.7 Å². The Morgan fingerprint density at radius 3 is 2.02 bits per heavy atom. The zero-order valence-corrected chi connectivity index (χ0v) is 24.3. The van der Waals surface area contributed by atoms with Crippen molar-refractivity contribution >= 4 is 29.9 Å². The molecule has 4 amide bonds. The highest BCUT2D eigenvalue weighted by Crippen LogP contribution is 2.44. The fourth-order valence-corrected chi connectivity index (χ4v) is 4.80. The number of amides is 4. The number of carboxylic acids is 1. The summed E-state index contributed by atoms with van der Waals surface area (Å²) in [7, 11) is 0. The zero-order chi connectivity index (χ0) is 31.0. The lowest BCUT2D eigenvalue weighted by atomic mass is 9.98. The molecule has 1 atom stereocenters. The molecule has 3 aromatic carbocycles. The van der Waals surface area contributed by atoms with Crippen LogP contribution in [0.3, 0.4) is 0 Å².